The van der Waals surface area contributed by atoms with Gasteiger partial charge in [0.25, 0.3) is 0 Å². The molecule has 1 aliphatic heterocycles. The molecule has 1 aromatic carbocycles. The van der Waals surface area contributed by atoms with Crippen LogP contribution in [0.25, 0.3) is 10.9 Å². The van der Waals surface area contributed by atoms with E-state index in [1.165, 1.54) is 0 Å². The lowest BCUT2D eigenvalue weighted by Gasteiger charge is -2.34. The molecule has 7 heteroatoms. The van der Waals surface area contributed by atoms with E-state index in [2.05, 4.69) is 4.98 Å². The molecule has 140 valence electrons. The minimum atomic E-state index is -0.790. The Morgan fingerprint density at radius 3 is 2.63 bits per heavy atom. The normalized spacial score (nSPS) is 23.6. The molecule has 6 nitrogen and oxygen atoms in total. The number of amides is 4. The quantitative estimate of drug-likeness (QED) is 0.458. The van der Waals surface area contributed by atoms with E-state index >= 15 is 0 Å². The lowest BCUT2D eigenvalue weighted by Crippen LogP contribution is -2.46. The first kappa shape index (κ1) is 17.9. The second kappa shape index (κ2) is 6.93. The van der Waals surface area contributed by atoms with Crippen molar-refractivity contribution in [3.63, 3.8) is 0 Å². The number of para-hydroxylation sites is 1. The Morgan fingerprint density at radius 2 is 1.85 bits per heavy atom. The number of fused-ring (bicyclic) bond motifs is 1. The molecule has 0 spiro atoms. The molecule has 0 radical (unpaired) electrons. The van der Waals surface area contributed by atoms with E-state index in [-0.39, 0.29) is 23.7 Å². The highest BCUT2D eigenvalue weighted by atomic mass is 35.5. The number of rotatable bonds is 3. The predicted molar refractivity (Wildman–Crippen MR) is 101 cm³/mol. The van der Waals surface area contributed by atoms with Crippen molar-refractivity contribution in [3.8, 4) is 0 Å². The average molecular weight is 386 g/mol. The maximum Gasteiger partial charge on any atom is 0.334 e. The first-order chi connectivity index (χ1) is 13.0. The van der Waals surface area contributed by atoms with Crippen LogP contribution in [0.15, 0.2) is 30.3 Å². The molecule has 2 aliphatic rings. The van der Waals surface area contributed by atoms with E-state index in [1.54, 1.807) is 0 Å². The molecule has 4 rings (SSSR count). The zero-order valence-corrected chi connectivity index (χ0v) is 15.8. The number of aromatic nitrogens is 1. The molecule has 2 aromatic rings. The van der Waals surface area contributed by atoms with Gasteiger partial charge in [-0.15, -0.1) is 0 Å². The summed E-state index contributed by atoms with van der Waals surface area (Å²) in [5.74, 6) is -1.32. The molecule has 27 heavy (non-hydrogen) atoms. The molecule has 1 aliphatic carbocycles. The third-order valence-electron chi connectivity index (χ3n) is 5.56. The fraction of sp³-hybridized carbons (Fsp3) is 0.400. The van der Waals surface area contributed by atoms with E-state index in [9.17, 15) is 14.4 Å². The van der Waals surface area contributed by atoms with Crippen LogP contribution >= 0.6 is 11.6 Å². The SMILES string of the molecule is C[C@@H]1CCCC[C@H]1N1C(=O)C(=O)N(Cc2cc3ccccc3nc2Cl)C1=O. The fourth-order valence-corrected chi connectivity index (χ4v) is 4.26. The molecule has 2 heterocycles. The van der Waals surface area contributed by atoms with Gasteiger partial charge >= 0.3 is 17.8 Å². The molecule has 2 atom stereocenters. The van der Waals surface area contributed by atoms with Crippen molar-refractivity contribution in [2.24, 2.45) is 5.92 Å². The third-order valence-corrected chi connectivity index (χ3v) is 5.89. The van der Waals surface area contributed by atoms with Crippen molar-refractivity contribution in [1.82, 2.24) is 14.8 Å². The summed E-state index contributed by atoms with van der Waals surface area (Å²) in [7, 11) is 0. The Bertz CT molecular complexity index is 945. The van der Waals surface area contributed by atoms with Crippen LogP contribution < -0.4 is 0 Å². The molecule has 2 fully saturated rings. The predicted octanol–water partition coefficient (Wildman–Crippen LogP) is 3.76. The number of halogens is 1. The summed E-state index contributed by atoms with van der Waals surface area (Å²) in [6.07, 6.45) is 3.75. The van der Waals surface area contributed by atoms with Gasteiger partial charge in [0.1, 0.15) is 5.15 Å². The number of imide groups is 2. The van der Waals surface area contributed by atoms with E-state index in [0.717, 1.165) is 46.4 Å². The topological polar surface area (TPSA) is 70.6 Å². The van der Waals surface area contributed by atoms with Gasteiger partial charge in [0.15, 0.2) is 0 Å². The number of benzene rings is 1. The van der Waals surface area contributed by atoms with Crippen LogP contribution in [-0.4, -0.2) is 38.7 Å². The second-order valence-corrected chi connectivity index (χ2v) is 7.67. The number of hydrogen-bond acceptors (Lipinski definition) is 4. The zero-order valence-electron chi connectivity index (χ0n) is 15.0. The van der Waals surface area contributed by atoms with E-state index < -0.39 is 17.8 Å². The maximum absolute atomic E-state index is 12.9. The fourth-order valence-electron chi connectivity index (χ4n) is 4.05. The van der Waals surface area contributed by atoms with E-state index in [1.807, 2.05) is 37.3 Å². The molecule has 1 saturated heterocycles. The van der Waals surface area contributed by atoms with Crippen molar-refractivity contribution in [3.05, 3.63) is 41.0 Å². The van der Waals surface area contributed by atoms with Gasteiger partial charge in [-0.1, -0.05) is 49.6 Å². The number of hydrogen-bond donors (Lipinski definition) is 0. The monoisotopic (exact) mass is 385 g/mol. The highest BCUT2D eigenvalue weighted by Gasteiger charge is 2.49. The van der Waals surface area contributed by atoms with Gasteiger partial charge < -0.3 is 0 Å². The lowest BCUT2D eigenvalue weighted by molar-refractivity contribution is -0.144. The van der Waals surface area contributed by atoms with Crippen LogP contribution in [0.2, 0.25) is 5.15 Å². The second-order valence-electron chi connectivity index (χ2n) is 7.31. The van der Waals surface area contributed by atoms with Crippen molar-refractivity contribution >= 4 is 40.3 Å². The standard InChI is InChI=1S/C20H20ClN3O3/c1-12-6-2-5-9-16(12)24-19(26)18(25)23(20(24)27)11-14-10-13-7-3-4-8-15(13)22-17(14)21/h3-4,7-8,10,12,16H,2,5-6,9,11H2,1H3/t12-,16-/m1/s1. The van der Waals surface area contributed by atoms with Crippen LogP contribution in [0, 0.1) is 5.92 Å². The maximum atomic E-state index is 12.9. The smallest absolute Gasteiger partial charge is 0.263 e. The lowest BCUT2D eigenvalue weighted by atomic mass is 9.85. The van der Waals surface area contributed by atoms with Crippen molar-refractivity contribution in [2.45, 2.75) is 45.2 Å². The molecule has 4 amide bonds. The average Bonchev–Trinajstić information content (AvgIpc) is 2.86. The Kier molecular flexibility index (Phi) is 4.60. The Balaban J connectivity index is 1.62. The Morgan fingerprint density at radius 1 is 1.11 bits per heavy atom. The zero-order chi connectivity index (χ0) is 19.1. The van der Waals surface area contributed by atoms with Crippen LogP contribution in [0.3, 0.4) is 0 Å². The van der Waals surface area contributed by atoms with Crippen molar-refractivity contribution in [1.29, 1.82) is 0 Å². The van der Waals surface area contributed by atoms with Gasteiger partial charge in [-0.2, -0.15) is 0 Å². The van der Waals surface area contributed by atoms with Gasteiger partial charge in [0, 0.05) is 17.0 Å². The Labute approximate surface area is 162 Å². The van der Waals surface area contributed by atoms with Crippen LogP contribution in [0.4, 0.5) is 4.79 Å². The summed E-state index contributed by atoms with van der Waals surface area (Å²) in [5.41, 5.74) is 1.28. The molecule has 0 bridgehead atoms. The Hall–Kier alpha value is -2.47. The van der Waals surface area contributed by atoms with Crippen molar-refractivity contribution < 1.29 is 14.4 Å². The van der Waals surface area contributed by atoms with Gasteiger partial charge in [0.2, 0.25) is 0 Å². The summed E-state index contributed by atoms with van der Waals surface area (Å²) in [6.45, 7) is 1.97. The molecular weight excluding hydrogens is 366 g/mol. The van der Waals surface area contributed by atoms with Crippen LogP contribution in [-0.2, 0) is 16.1 Å². The number of pyridine rings is 1. The number of nitrogens with zero attached hydrogens (tertiary/aromatic N) is 3. The first-order valence-corrected chi connectivity index (χ1v) is 9.58. The summed E-state index contributed by atoms with van der Waals surface area (Å²) in [6, 6.07) is 8.52. The molecular formula is C20H20ClN3O3. The summed E-state index contributed by atoms with van der Waals surface area (Å²) in [4.78, 5) is 44.4. The van der Waals surface area contributed by atoms with Crippen LogP contribution in [0.1, 0.15) is 38.2 Å². The summed E-state index contributed by atoms with van der Waals surface area (Å²) in [5, 5.41) is 1.09. The minimum absolute atomic E-state index is 0.0579. The van der Waals surface area contributed by atoms with Gasteiger partial charge in [-0.3, -0.25) is 19.4 Å². The third kappa shape index (κ3) is 3.08. The van der Waals surface area contributed by atoms with Crippen LogP contribution in [0.5, 0.6) is 0 Å². The molecule has 0 unspecified atom stereocenters. The number of carbonyl (C=O) groups is 3. The van der Waals surface area contributed by atoms with Gasteiger partial charge in [-0.25, -0.2) is 9.78 Å². The number of carbonyl (C=O) groups excluding carboxylic acids is 3. The van der Waals surface area contributed by atoms with Gasteiger partial charge in [0.05, 0.1) is 12.1 Å². The largest absolute Gasteiger partial charge is 0.334 e. The summed E-state index contributed by atoms with van der Waals surface area (Å²) < 4.78 is 0. The minimum Gasteiger partial charge on any atom is -0.263 e. The highest BCUT2D eigenvalue weighted by Crippen LogP contribution is 2.32. The first-order valence-electron chi connectivity index (χ1n) is 9.20. The number of urea groups is 1. The van der Waals surface area contributed by atoms with Gasteiger partial charge in [-0.05, 0) is 30.9 Å². The van der Waals surface area contributed by atoms with E-state index in [4.69, 9.17) is 11.6 Å². The molecule has 1 aromatic heterocycles. The molecule has 0 N–H and O–H groups in total. The van der Waals surface area contributed by atoms with Crippen molar-refractivity contribution in [2.75, 3.05) is 0 Å². The summed E-state index contributed by atoms with van der Waals surface area (Å²) >= 11 is 6.26. The molecule has 1 saturated carbocycles. The highest BCUT2D eigenvalue weighted by molar-refractivity contribution is 6.44. The van der Waals surface area contributed by atoms with E-state index in [0.29, 0.717) is 5.56 Å².